The molecule has 0 unspecified atom stereocenters. The number of carbonyl (C=O) groups excluding carboxylic acids is 2. The highest BCUT2D eigenvalue weighted by molar-refractivity contribution is 5.96. The average molecular weight is 347 g/mol. The molecule has 1 heterocycles. The number of benzene rings is 2. The first-order valence-corrected chi connectivity index (χ1v) is 8.69. The summed E-state index contributed by atoms with van der Waals surface area (Å²) in [5, 5.41) is 0. The molecule has 132 valence electrons. The zero-order valence-electron chi connectivity index (χ0n) is 14.7. The Balaban J connectivity index is 1.58. The molecule has 0 fully saturated rings. The Morgan fingerprint density at radius 2 is 1.62 bits per heavy atom. The molecule has 0 spiro atoms. The normalized spacial score (nSPS) is 13.7. The molecule has 0 atom stereocenters. The van der Waals surface area contributed by atoms with Gasteiger partial charge >= 0.3 is 5.97 Å². The van der Waals surface area contributed by atoms with Crippen LogP contribution in [0.3, 0.4) is 0 Å². The van der Waals surface area contributed by atoms with Gasteiger partial charge in [0, 0.05) is 42.4 Å². The first-order valence-electron chi connectivity index (χ1n) is 8.69. The standard InChI is InChI=1S/C22H21NO3/c1-2-22(25)26-20-10-8-19(9-11-20)23-14-12-17(13-15-23)16-21(24)18-6-4-3-5-7-18/h3-15,17H,2,16H2,1H3. The fourth-order valence-electron chi connectivity index (χ4n) is 2.67. The van der Waals surface area contributed by atoms with Crippen LogP contribution in [0.1, 0.15) is 30.1 Å². The molecule has 0 aliphatic carbocycles. The molecule has 0 radical (unpaired) electrons. The Bertz CT molecular complexity index is 808. The minimum Gasteiger partial charge on any atom is -0.427 e. The molecule has 4 heteroatoms. The zero-order valence-corrected chi connectivity index (χ0v) is 14.7. The van der Waals surface area contributed by atoms with Gasteiger partial charge < -0.3 is 9.64 Å². The minimum atomic E-state index is -0.249. The summed E-state index contributed by atoms with van der Waals surface area (Å²) in [6.07, 6.45) is 8.75. The van der Waals surface area contributed by atoms with E-state index >= 15 is 0 Å². The van der Waals surface area contributed by atoms with Gasteiger partial charge in [0.2, 0.25) is 0 Å². The molecule has 2 aromatic carbocycles. The number of anilines is 1. The summed E-state index contributed by atoms with van der Waals surface area (Å²) in [7, 11) is 0. The average Bonchev–Trinajstić information content (AvgIpc) is 2.70. The Kier molecular flexibility index (Phi) is 5.64. The topological polar surface area (TPSA) is 46.6 Å². The number of Topliss-reactive ketones (excluding diaryl/α,β-unsaturated/α-hetero) is 1. The fourth-order valence-corrected chi connectivity index (χ4v) is 2.67. The maximum atomic E-state index is 12.3. The van der Waals surface area contributed by atoms with Crippen molar-refractivity contribution in [3.05, 3.63) is 84.7 Å². The number of hydrogen-bond donors (Lipinski definition) is 0. The highest BCUT2D eigenvalue weighted by atomic mass is 16.5. The van der Waals surface area contributed by atoms with E-state index in [0.29, 0.717) is 18.6 Å². The first kappa shape index (κ1) is 17.7. The molecule has 1 aliphatic heterocycles. The summed E-state index contributed by atoms with van der Waals surface area (Å²) < 4.78 is 5.18. The van der Waals surface area contributed by atoms with Gasteiger partial charge in [-0.05, 0) is 24.3 Å². The third kappa shape index (κ3) is 4.48. The third-order valence-corrected chi connectivity index (χ3v) is 4.16. The molecule has 1 aliphatic rings. The van der Waals surface area contributed by atoms with Crippen LogP contribution < -0.4 is 9.64 Å². The van der Waals surface area contributed by atoms with Gasteiger partial charge in [0.05, 0.1) is 0 Å². The number of ketones is 1. The number of allylic oxidation sites excluding steroid dienone is 2. The molecule has 2 aromatic rings. The monoisotopic (exact) mass is 347 g/mol. The summed E-state index contributed by atoms with van der Waals surface area (Å²) >= 11 is 0. The predicted octanol–water partition coefficient (Wildman–Crippen LogP) is 4.74. The molecular weight excluding hydrogens is 326 g/mol. The van der Waals surface area contributed by atoms with E-state index in [2.05, 4.69) is 0 Å². The maximum absolute atomic E-state index is 12.3. The summed E-state index contributed by atoms with van der Waals surface area (Å²) in [4.78, 5) is 25.6. The van der Waals surface area contributed by atoms with Crippen LogP contribution in [0.5, 0.6) is 5.75 Å². The van der Waals surface area contributed by atoms with Crippen molar-refractivity contribution in [2.75, 3.05) is 4.90 Å². The summed E-state index contributed by atoms with van der Waals surface area (Å²) in [5.74, 6) is 0.516. The fraction of sp³-hybridized carbons (Fsp3) is 0.182. The van der Waals surface area contributed by atoms with E-state index in [-0.39, 0.29) is 17.7 Å². The molecule has 4 nitrogen and oxygen atoms in total. The highest BCUT2D eigenvalue weighted by Crippen LogP contribution is 2.24. The van der Waals surface area contributed by atoms with Crippen LogP contribution in [0.15, 0.2) is 79.1 Å². The van der Waals surface area contributed by atoms with Crippen molar-refractivity contribution in [1.82, 2.24) is 0 Å². The molecule has 0 amide bonds. The third-order valence-electron chi connectivity index (χ3n) is 4.16. The Morgan fingerprint density at radius 1 is 0.962 bits per heavy atom. The van der Waals surface area contributed by atoms with Gasteiger partial charge in [-0.1, -0.05) is 49.4 Å². The van der Waals surface area contributed by atoms with Crippen LogP contribution in [0.2, 0.25) is 0 Å². The van der Waals surface area contributed by atoms with Crippen molar-refractivity contribution in [2.24, 2.45) is 5.92 Å². The van der Waals surface area contributed by atoms with Crippen LogP contribution in [0.25, 0.3) is 0 Å². The van der Waals surface area contributed by atoms with Crippen molar-refractivity contribution in [1.29, 1.82) is 0 Å². The maximum Gasteiger partial charge on any atom is 0.310 e. The molecule has 26 heavy (non-hydrogen) atoms. The molecule has 0 aromatic heterocycles. The van der Waals surface area contributed by atoms with Crippen LogP contribution in [0, 0.1) is 5.92 Å². The van der Waals surface area contributed by atoms with Gasteiger partial charge in [-0.3, -0.25) is 9.59 Å². The van der Waals surface area contributed by atoms with Gasteiger partial charge in [-0.25, -0.2) is 0 Å². The first-order chi connectivity index (χ1) is 12.7. The lowest BCUT2D eigenvalue weighted by atomic mass is 9.97. The SMILES string of the molecule is CCC(=O)Oc1ccc(N2C=CC(CC(=O)c3ccccc3)C=C2)cc1. The summed E-state index contributed by atoms with van der Waals surface area (Å²) in [6.45, 7) is 1.76. The predicted molar refractivity (Wildman–Crippen MR) is 102 cm³/mol. The number of rotatable bonds is 6. The van der Waals surface area contributed by atoms with Crippen molar-refractivity contribution in [2.45, 2.75) is 19.8 Å². The largest absolute Gasteiger partial charge is 0.427 e. The van der Waals surface area contributed by atoms with Gasteiger partial charge in [0.1, 0.15) is 5.75 Å². The van der Waals surface area contributed by atoms with Crippen molar-refractivity contribution in [3.8, 4) is 5.75 Å². The quantitative estimate of drug-likeness (QED) is 0.430. The lowest BCUT2D eigenvalue weighted by Crippen LogP contribution is -2.14. The van der Waals surface area contributed by atoms with E-state index in [1.807, 2.05) is 71.9 Å². The van der Waals surface area contributed by atoms with Crippen LogP contribution in [0.4, 0.5) is 5.69 Å². The lowest BCUT2D eigenvalue weighted by molar-refractivity contribution is -0.134. The molecule has 0 saturated carbocycles. The Morgan fingerprint density at radius 3 is 2.23 bits per heavy atom. The van der Waals surface area contributed by atoms with Gasteiger partial charge in [-0.2, -0.15) is 0 Å². The Labute approximate surface area is 153 Å². The van der Waals surface area contributed by atoms with Crippen LogP contribution in [-0.2, 0) is 4.79 Å². The summed E-state index contributed by atoms with van der Waals surface area (Å²) in [6, 6.07) is 16.7. The Hall–Kier alpha value is -3.14. The molecule has 0 bridgehead atoms. The van der Waals surface area contributed by atoms with Crippen molar-refractivity contribution >= 4 is 17.4 Å². The molecule has 3 rings (SSSR count). The van der Waals surface area contributed by atoms with E-state index in [9.17, 15) is 9.59 Å². The lowest BCUT2D eigenvalue weighted by Gasteiger charge is -2.21. The van der Waals surface area contributed by atoms with E-state index in [4.69, 9.17) is 4.74 Å². The van der Waals surface area contributed by atoms with Crippen molar-refractivity contribution < 1.29 is 14.3 Å². The molecule has 0 N–H and O–H groups in total. The number of ether oxygens (including phenoxy) is 1. The van der Waals surface area contributed by atoms with E-state index < -0.39 is 0 Å². The van der Waals surface area contributed by atoms with Gasteiger partial charge in [0.25, 0.3) is 0 Å². The highest BCUT2D eigenvalue weighted by Gasteiger charge is 2.14. The van der Waals surface area contributed by atoms with E-state index in [1.54, 1.807) is 19.1 Å². The minimum absolute atomic E-state index is 0.0868. The second-order valence-corrected chi connectivity index (χ2v) is 6.07. The van der Waals surface area contributed by atoms with E-state index in [0.717, 1.165) is 11.3 Å². The number of hydrogen-bond acceptors (Lipinski definition) is 4. The second kappa shape index (κ2) is 8.30. The molecular formula is C22H21NO3. The van der Waals surface area contributed by atoms with Crippen LogP contribution in [-0.4, -0.2) is 11.8 Å². The summed E-state index contributed by atoms with van der Waals surface area (Å²) in [5.41, 5.74) is 1.70. The van der Waals surface area contributed by atoms with Crippen LogP contribution >= 0.6 is 0 Å². The zero-order chi connectivity index (χ0) is 18.4. The van der Waals surface area contributed by atoms with E-state index in [1.165, 1.54) is 0 Å². The van der Waals surface area contributed by atoms with Crippen molar-refractivity contribution in [3.63, 3.8) is 0 Å². The molecule has 0 saturated heterocycles. The van der Waals surface area contributed by atoms with Gasteiger partial charge in [-0.15, -0.1) is 0 Å². The smallest absolute Gasteiger partial charge is 0.310 e. The second-order valence-electron chi connectivity index (χ2n) is 6.07. The number of esters is 1. The number of carbonyl (C=O) groups is 2. The number of nitrogens with zero attached hydrogens (tertiary/aromatic N) is 1. The van der Waals surface area contributed by atoms with Gasteiger partial charge in [0.15, 0.2) is 5.78 Å².